The molecule has 0 heterocycles. The van der Waals surface area contributed by atoms with Gasteiger partial charge in [0, 0.05) is 7.05 Å². The van der Waals surface area contributed by atoms with Gasteiger partial charge in [-0.25, -0.2) is 8.78 Å². The zero-order valence-electron chi connectivity index (χ0n) is 8.41. The van der Waals surface area contributed by atoms with Crippen molar-refractivity contribution in [2.75, 3.05) is 13.6 Å². The first kappa shape index (κ1) is 12.1. The van der Waals surface area contributed by atoms with Crippen LogP contribution in [-0.2, 0) is 4.79 Å². The number of nitrogens with zero attached hydrogens (tertiary/aromatic N) is 1. The highest BCUT2D eigenvalue weighted by Crippen LogP contribution is 2.12. The topological polar surface area (TPSA) is 57.6 Å². The maximum absolute atomic E-state index is 13.2. The first-order valence-corrected chi connectivity index (χ1v) is 4.34. The number of hydrogen-bond acceptors (Lipinski definition) is 2. The Labute approximate surface area is 90.1 Å². The molecule has 86 valence electrons. The van der Waals surface area contributed by atoms with Crippen LogP contribution in [0.15, 0.2) is 18.2 Å². The minimum absolute atomic E-state index is 0.483. The maximum atomic E-state index is 13.2. The molecule has 0 fully saturated rings. The van der Waals surface area contributed by atoms with Gasteiger partial charge in [-0.05, 0) is 12.1 Å². The van der Waals surface area contributed by atoms with Crippen molar-refractivity contribution in [1.82, 2.24) is 4.90 Å². The number of carbonyl (C=O) groups is 2. The van der Waals surface area contributed by atoms with Gasteiger partial charge in [0.1, 0.15) is 6.54 Å². The van der Waals surface area contributed by atoms with Gasteiger partial charge in [0.2, 0.25) is 0 Å². The van der Waals surface area contributed by atoms with Gasteiger partial charge >= 0.3 is 5.97 Å². The van der Waals surface area contributed by atoms with Crippen LogP contribution in [0.2, 0.25) is 0 Å². The van der Waals surface area contributed by atoms with E-state index in [1.54, 1.807) is 0 Å². The van der Waals surface area contributed by atoms with E-state index in [1.165, 1.54) is 13.1 Å². The Bertz CT molecular complexity index is 434. The first-order valence-electron chi connectivity index (χ1n) is 4.34. The molecule has 0 aliphatic carbocycles. The molecule has 0 saturated heterocycles. The van der Waals surface area contributed by atoms with Crippen LogP contribution in [0, 0.1) is 11.6 Å². The van der Waals surface area contributed by atoms with Gasteiger partial charge in [-0.15, -0.1) is 0 Å². The van der Waals surface area contributed by atoms with E-state index in [9.17, 15) is 18.4 Å². The van der Waals surface area contributed by atoms with E-state index >= 15 is 0 Å². The van der Waals surface area contributed by atoms with E-state index in [4.69, 9.17) is 5.11 Å². The molecule has 1 N–H and O–H groups in total. The van der Waals surface area contributed by atoms with Gasteiger partial charge in [-0.1, -0.05) is 6.07 Å². The highest BCUT2D eigenvalue weighted by molar-refractivity contribution is 5.95. The lowest BCUT2D eigenvalue weighted by Gasteiger charge is -2.14. The predicted octanol–water partition coefficient (Wildman–Crippen LogP) is 1.12. The summed E-state index contributed by atoms with van der Waals surface area (Å²) in [5.74, 6) is -4.52. The Balaban J connectivity index is 2.96. The van der Waals surface area contributed by atoms with Gasteiger partial charge in [0.05, 0.1) is 5.56 Å². The van der Waals surface area contributed by atoms with E-state index in [1.807, 2.05) is 0 Å². The third-order valence-electron chi connectivity index (χ3n) is 1.90. The Hall–Kier alpha value is -1.98. The van der Waals surface area contributed by atoms with Gasteiger partial charge in [0.25, 0.3) is 5.91 Å². The Kier molecular flexibility index (Phi) is 3.55. The molecule has 0 unspecified atom stereocenters. The molecule has 0 radical (unpaired) electrons. The number of rotatable bonds is 3. The van der Waals surface area contributed by atoms with Gasteiger partial charge in [-0.2, -0.15) is 0 Å². The second kappa shape index (κ2) is 4.69. The molecular weight excluding hydrogens is 220 g/mol. The van der Waals surface area contributed by atoms with E-state index in [2.05, 4.69) is 0 Å². The first-order chi connectivity index (χ1) is 7.43. The average molecular weight is 229 g/mol. The summed E-state index contributed by atoms with van der Waals surface area (Å²) in [5, 5.41) is 8.44. The fourth-order valence-corrected chi connectivity index (χ4v) is 1.15. The van der Waals surface area contributed by atoms with Crippen LogP contribution >= 0.6 is 0 Å². The summed E-state index contributed by atoms with van der Waals surface area (Å²) >= 11 is 0. The summed E-state index contributed by atoms with van der Waals surface area (Å²) in [6.07, 6.45) is 0. The number of aliphatic carboxylic acids is 1. The summed E-state index contributed by atoms with van der Waals surface area (Å²) in [4.78, 5) is 22.6. The molecule has 0 bridgehead atoms. The molecule has 1 rings (SSSR count). The predicted molar refractivity (Wildman–Crippen MR) is 51.0 cm³/mol. The molecule has 6 heteroatoms. The summed E-state index contributed by atoms with van der Waals surface area (Å²) in [5.41, 5.74) is -0.483. The third kappa shape index (κ3) is 2.53. The van der Waals surface area contributed by atoms with Crippen molar-refractivity contribution in [2.45, 2.75) is 0 Å². The van der Waals surface area contributed by atoms with E-state index in [0.717, 1.165) is 17.0 Å². The molecule has 0 aliphatic rings. The van der Waals surface area contributed by atoms with Crippen LogP contribution in [0.4, 0.5) is 8.78 Å². The third-order valence-corrected chi connectivity index (χ3v) is 1.90. The molecule has 4 nitrogen and oxygen atoms in total. The largest absolute Gasteiger partial charge is 0.480 e. The Morgan fingerprint density at radius 1 is 1.38 bits per heavy atom. The number of amides is 1. The van der Waals surface area contributed by atoms with Gasteiger partial charge in [0.15, 0.2) is 11.6 Å². The van der Waals surface area contributed by atoms with Crippen molar-refractivity contribution in [3.8, 4) is 0 Å². The van der Waals surface area contributed by atoms with Crippen LogP contribution in [0.25, 0.3) is 0 Å². The van der Waals surface area contributed by atoms with Crippen LogP contribution in [0.3, 0.4) is 0 Å². The monoisotopic (exact) mass is 229 g/mol. The molecule has 0 spiro atoms. The SMILES string of the molecule is CN(CC(=O)O)C(=O)c1cccc(F)c1F. The van der Waals surface area contributed by atoms with E-state index in [-0.39, 0.29) is 0 Å². The van der Waals surface area contributed by atoms with Crippen LogP contribution in [0.1, 0.15) is 10.4 Å². The fourth-order valence-electron chi connectivity index (χ4n) is 1.15. The van der Waals surface area contributed by atoms with Crippen molar-refractivity contribution in [3.63, 3.8) is 0 Å². The van der Waals surface area contributed by atoms with E-state index in [0.29, 0.717) is 0 Å². The highest BCUT2D eigenvalue weighted by Gasteiger charge is 2.19. The van der Waals surface area contributed by atoms with Crippen molar-refractivity contribution in [2.24, 2.45) is 0 Å². The Morgan fingerprint density at radius 2 is 2.00 bits per heavy atom. The van der Waals surface area contributed by atoms with Crippen molar-refractivity contribution in [3.05, 3.63) is 35.4 Å². The standard InChI is InChI=1S/C10H9F2NO3/c1-13(5-8(14)15)10(16)6-3-2-4-7(11)9(6)12/h2-4H,5H2,1H3,(H,14,15). The smallest absolute Gasteiger partial charge is 0.323 e. The minimum Gasteiger partial charge on any atom is -0.480 e. The zero-order chi connectivity index (χ0) is 12.3. The van der Waals surface area contributed by atoms with Crippen molar-refractivity contribution in [1.29, 1.82) is 0 Å². The normalized spacial score (nSPS) is 9.94. The zero-order valence-corrected chi connectivity index (χ0v) is 8.41. The fraction of sp³-hybridized carbons (Fsp3) is 0.200. The molecule has 0 atom stereocenters. The average Bonchev–Trinajstić information content (AvgIpc) is 2.20. The number of hydrogen-bond donors (Lipinski definition) is 1. The molecule has 0 saturated carbocycles. The molecule has 0 aromatic heterocycles. The van der Waals surface area contributed by atoms with Crippen molar-refractivity contribution < 1.29 is 23.5 Å². The second-order valence-corrected chi connectivity index (χ2v) is 3.16. The summed E-state index contributed by atoms with van der Waals surface area (Å²) in [6.45, 7) is -0.575. The molecular formula is C10H9F2NO3. The van der Waals surface area contributed by atoms with Gasteiger partial charge in [-0.3, -0.25) is 9.59 Å². The lowest BCUT2D eigenvalue weighted by molar-refractivity contribution is -0.137. The van der Waals surface area contributed by atoms with E-state index < -0.39 is 35.6 Å². The summed E-state index contributed by atoms with van der Waals surface area (Å²) in [6, 6.07) is 3.16. The molecule has 1 aromatic carbocycles. The second-order valence-electron chi connectivity index (χ2n) is 3.16. The Morgan fingerprint density at radius 3 is 2.56 bits per heavy atom. The summed E-state index contributed by atoms with van der Waals surface area (Å²) < 4.78 is 26.0. The number of carboxylic acid groups (broad SMARTS) is 1. The maximum Gasteiger partial charge on any atom is 0.323 e. The lowest BCUT2D eigenvalue weighted by Crippen LogP contribution is -2.32. The quantitative estimate of drug-likeness (QED) is 0.844. The number of carboxylic acids is 1. The van der Waals surface area contributed by atoms with Crippen LogP contribution in [-0.4, -0.2) is 35.5 Å². The number of likely N-dealkylation sites (N-methyl/N-ethyl adjacent to an activating group) is 1. The number of halogens is 2. The summed E-state index contributed by atoms with van der Waals surface area (Å²) in [7, 11) is 1.20. The van der Waals surface area contributed by atoms with Crippen LogP contribution < -0.4 is 0 Å². The minimum atomic E-state index is -1.27. The molecule has 0 aliphatic heterocycles. The molecule has 1 aromatic rings. The number of carbonyl (C=O) groups excluding carboxylic acids is 1. The molecule has 1 amide bonds. The molecule has 16 heavy (non-hydrogen) atoms. The van der Waals surface area contributed by atoms with Gasteiger partial charge < -0.3 is 10.0 Å². The lowest BCUT2D eigenvalue weighted by atomic mass is 10.2. The van der Waals surface area contributed by atoms with Crippen molar-refractivity contribution >= 4 is 11.9 Å². The number of benzene rings is 1. The highest BCUT2D eigenvalue weighted by atomic mass is 19.2. The van der Waals surface area contributed by atoms with Crippen LogP contribution in [0.5, 0.6) is 0 Å².